The summed E-state index contributed by atoms with van der Waals surface area (Å²) in [6.45, 7) is 2.19. The zero-order valence-electron chi connectivity index (χ0n) is 8.77. The lowest BCUT2D eigenvalue weighted by Gasteiger charge is -2.03. The molecule has 1 aromatic carbocycles. The summed E-state index contributed by atoms with van der Waals surface area (Å²) >= 11 is 0. The highest BCUT2D eigenvalue weighted by molar-refractivity contribution is 5.26. The maximum absolute atomic E-state index is 11.3. The van der Waals surface area contributed by atoms with Gasteiger partial charge in [-0.1, -0.05) is 29.8 Å². The van der Waals surface area contributed by atoms with E-state index in [1.165, 1.54) is 0 Å². The van der Waals surface area contributed by atoms with Crippen LogP contribution in [0.15, 0.2) is 29.1 Å². The van der Waals surface area contributed by atoms with Gasteiger partial charge in [-0.15, -0.1) is 0 Å². The fraction of sp³-hybridized carbons (Fsp3) is 0.182. The summed E-state index contributed by atoms with van der Waals surface area (Å²) in [6.07, 6.45) is 0. The van der Waals surface area contributed by atoms with Crippen LogP contribution in [0.4, 0.5) is 0 Å². The monoisotopic (exact) mass is 220 g/mol. The number of H-pyrrole nitrogens is 1. The van der Waals surface area contributed by atoms with Gasteiger partial charge in [0.2, 0.25) is 0 Å². The molecule has 3 N–H and O–H groups in total. The number of imidazole rings is 1. The second-order valence-corrected chi connectivity index (χ2v) is 3.67. The Morgan fingerprint density at radius 1 is 1.25 bits per heavy atom. The molecule has 0 aliphatic rings. The summed E-state index contributed by atoms with van der Waals surface area (Å²) < 4.78 is 1.07. The number of rotatable bonds is 2. The van der Waals surface area contributed by atoms with Crippen LogP contribution in [0, 0.1) is 6.92 Å². The Labute approximate surface area is 91.6 Å². The lowest BCUT2D eigenvalue weighted by Crippen LogP contribution is -2.17. The van der Waals surface area contributed by atoms with E-state index in [-0.39, 0.29) is 6.54 Å². The van der Waals surface area contributed by atoms with E-state index in [0.29, 0.717) is 0 Å². The first-order valence-corrected chi connectivity index (χ1v) is 4.84. The summed E-state index contributed by atoms with van der Waals surface area (Å²) in [5.74, 6) is -0.942. The van der Waals surface area contributed by atoms with Crippen LogP contribution in [-0.2, 0) is 6.54 Å². The van der Waals surface area contributed by atoms with Crippen molar-refractivity contribution in [1.29, 1.82) is 0 Å². The predicted octanol–water partition coefficient (Wildman–Crippen LogP) is 0.944. The zero-order chi connectivity index (χ0) is 11.7. The van der Waals surface area contributed by atoms with Gasteiger partial charge in [-0.2, -0.15) is 0 Å². The molecule has 16 heavy (non-hydrogen) atoms. The molecule has 2 rings (SSSR count). The molecule has 0 radical (unpaired) electrons. The average Bonchev–Trinajstić information content (AvgIpc) is 2.48. The zero-order valence-corrected chi connectivity index (χ0v) is 8.77. The number of benzene rings is 1. The van der Waals surface area contributed by atoms with Crippen LogP contribution >= 0.6 is 0 Å². The average molecular weight is 220 g/mol. The molecule has 0 atom stereocenters. The molecule has 0 unspecified atom stereocenters. The van der Waals surface area contributed by atoms with Gasteiger partial charge < -0.3 is 10.2 Å². The van der Waals surface area contributed by atoms with Gasteiger partial charge in [-0.3, -0.25) is 9.55 Å². The quantitative estimate of drug-likeness (QED) is 0.704. The van der Waals surface area contributed by atoms with Crippen LogP contribution in [0.1, 0.15) is 11.1 Å². The number of aryl methyl sites for hydroxylation is 1. The normalized spacial score (nSPS) is 10.6. The van der Waals surface area contributed by atoms with E-state index >= 15 is 0 Å². The smallest absolute Gasteiger partial charge is 0.331 e. The molecule has 5 nitrogen and oxygen atoms in total. The predicted molar refractivity (Wildman–Crippen MR) is 58.7 cm³/mol. The number of hydrogen-bond donors (Lipinski definition) is 3. The minimum absolute atomic E-state index is 0.224. The van der Waals surface area contributed by atoms with Crippen LogP contribution in [0.3, 0.4) is 0 Å². The molecule has 0 aliphatic carbocycles. The SMILES string of the molecule is Cc1ccc(Cn2c(O)c(O)[nH]c2=O)cc1. The summed E-state index contributed by atoms with van der Waals surface area (Å²) in [4.78, 5) is 13.4. The number of aromatic nitrogens is 2. The molecule has 0 aliphatic heterocycles. The molecule has 0 saturated carbocycles. The molecule has 1 heterocycles. The number of aromatic hydroxyl groups is 2. The summed E-state index contributed by atoms with van der Waals surface area (Å²) in [6, 6.07) is 7.57. The van der Waals surface area contributed by atoms with Crippen molar-refractivity contribution in [1.82, 2.24) is 9.55 Å². The minimum Gasteiger partial charge on any atom is -0.491 e. The van der Waals surface area contributed by atoms with Gasteiger partial charge >= 0.3 is 5.69 Å². The van der Waals surface area contributed by atoms with Gasteiger partial charge in [-0.25, -0.2) is 4.79 Å². The van der Waals surface area contributed by atoms with Gasteiger partial charge in [0.05, 0.1) is 6.54 Å². The number of nitrogens with zero attached hydrogens (tertiary/aromatic N) is 1. The van der Waals surface area contributed by atoms with E-state index in [1.54, 1.807) is 0 Å². The van der Waals surface area contributed by atoms with Crippen molar-refractivity contribution in [2.24, 2.45) is 0 Å². The number of nitrogens with one attached hydrogen (secondary N) is 1. The maximum atomic E-state index is 11.3. The van der Waals surface area contributed by atoms with Crippen molar-refractivity contribution >= 4 is 0 Å². The molecular formula is C11H12N2O3. The number of hydrogen-bond acceptors (Lipinski definition) is 3. The first-order valence-electron chi connectivity index (χ1n) is 4.84. The highest BCUT2D eigenvalue weighted by Gasteiger charge is 2.11. The third kappa shape index (κ3) is 1.79. The van der Waals surface area contributed by atoms with Crippen molar-refractivity contribution in [3.63, 3.8) is 0 Å². The third-order valence-corrected chi connectivity index (χ3v) is 2.40. The van der Waals surface area contributed by atoms with Gasteiger partial charge in [-0.05, 0) is 12.5 Å². The third-order valence-electron chi connectivity index (χ3n) is 2.40. The van der Waals surface area contributed by atoms with Gasteiger partial charge in [0.25, 0.3) is 11.8 Å². The van der Waals surface area contributed by atoms with Crippen LogP contribution in [0.2, 0.25) is 0 Å². The first-order chi connectivity index (χ1) is 7.58. The maximum Gasteiger partial charge on any atom is 0.331 e. The lowest BCUT2D eigenvalue weighted by molar-refractivity contribution is 0.370. The van der Waals surface area contributed by atoms with E-state index in [2.05, 4.69) is 4.98 Å². The Kier molecular flexibility index (Phi) is 2.44. The molecule has 0 fully saturated rings. The fourth-order valence-corrected chi connectivity index (χ4v) is 1.47. The second-order valence-electron chi connectivity index (χ2n) is 3.67. The lowest BCUT2D eigenvalue weighted by atomic mass is 10.1. The standard InChI is InChI=1S/C11H12N2O3/c1-7-2-4-8(5-3-7)6-13-10(15)9(14)12-11(13)16/h2-5,14-15H,6H2,1H3,(H,12,16). The van der Waals surface area contributed by atoms with Crippen LogP contribution in [-0.4, -0.2) is 19.8 Å². The second kappa shape index (κ2) is 3.77. The minimum atomic E-state index is -0.532. The molecule has 0 bridgehead atoms. The molecular weight excluding hydrogens is 208 g/mol. The van der Waals surface area contributed by atoms with Crippen molar-refractivity contribution in [3.8, 4) is 11.8 Å². The molecule has 2 aromatic rings. The van der Waals surface area contributed by atoms with Crippen molar-refractivity contribution in [2.45, 2.75) is 13.5 Å². The van der Waals surface area contributed by atoms with E-state index in [4.69, 9.17) is 5.11 Å². The van der Waals surface area contributed by atoms with Crippen molar-refractivity contribution < 1.29 is 10.2 Å². The van der Waals surface area contributed by atoms with Crippen molar-refractivity contribution in [3.05, 3.63) is 45.9 Å². The molecule has 1 aromatic heterocycles. The Morgan fingerprint density at radius 3 is 2.38 bits per heavy atom. The van der Waals surface area contributed by atoms with Gasteiger partial charge in [0.1, 0.15) is 0 Å². The van der Waals surface area contributed by atoms with Crippen molar-refractivity contribution in [2.75, 3.05) is 0 Å². The number of aromatic amines is 1. The first kappa shape index (κ1) is 10.4. The Morgan fingerprint density at radius 2 is 1.88 bits per heavy atom. The van der Waals surface area contributed by atoms with E-state index in [9.17, 15) is 9.90 Å². The topological polar surface area (TPSA) is 78.2 Å². The van der Waals surface area contributed by atoms with Crippen LogP contribution in [0.25, 0.3) is 0 Å². The van der Waals surface area contributed by atoms with Crippen LogP contribution < -0.4 is 5.69 Å². The fourth-order valence-electron chi connectivity index (χ4n) is 1.47. The Hall–Kier alpha value is -2.17. The van der Waals surface area contributed by atoms with Crippen LogP contribution in [0.5, 0.6) is 11.8 Å². The van der Waals surface area contributed by atoms with E-state index in [1.807, 2.05) is 31.2 Å². The molecule has 0 amide bonds. The Bertz CT molecular complexity index is 552. The summed E-state index contributed by atoms with van der Waals surface area (Å²) in [5.41, 5.74) is 1.47. The highest BCUT2D eigenvalue weighted by atomic mass is 16.3. The molecule has 84 valence electrons. The summed E-state index contributed by atoms with van der Waals surface area (Å²) in [5, 5.41) is 18.5. The molecule has 0 spiro atoms. The van der Waals surface area contributed by atoms with E-state index < -0.39 is 17.4 Å². The summed E-state index contributed by atoms with van der Waals surface area (Å²) in [7, 11) is 0. The highest BCUT2D eigenvalue weighted by Crippen LogP contribution is 2.19. The van der Waals surface area contributed by atoms with Gasteiger partial charge in [0, 0.05) is 0 Å². The Balaban J connectivity index is 2.34. The van der Waals surface area contributed by atoms with Gasteiger partial charge in [0.15, 0.2) is 0 Å². The molecule has 0 saturated heterocycles. The largest absolute Gasteiger partial charge is 0.491 e. The molecule has 5 heteroatoms. The van der Waals surface area contributed by atoms with E-state index in [0.717, 1.165) is 15.7 Å².